The normalized spacial score (nSPS) is 10.9. The van der Waals surface area contributed by atoms with Gasteiger partial charge in [0.15, 0.2) is 6.61 Å². The van der Waals surface area contributed by atoms with Crippen LogP contribution in [-0.4, -0.2) is 17.7 Å². The number of carboxylic acid groups (broad SMARTS) is 1. The summed E-state index contributed by atoms with van der Waals surface area (Å²) in [5, 5.41) is 11.3. The Morgan fingerprint density at radius 2 is 1.37 bits per heavy atom. The monoisotopic (exact) mass is 566 g/mol. The van der Waals surface area contributed by atoms with Crippen LogP contribution in [0.1, 0.15) is 27.8 Å². The first-order valence-corrected chi connectivity index (χ1v) is 13.2. The number of benzene rings is 5. The van der Waals surface area contributed by atoms with Crippen LogP contribution in [0, 0.1) is 0 Å². The highest BCUT2D eigenvalue weighted by Crippen LogP contribution is 2.37. The van der Waals surface area contributed by atoms with Gasteiger partial charge >= 0.3 is 5.97 Å². The molecule has 5 aromatic carbocycles. The maximum atomic E-state index is 11.3. The third-order valence-corrected chi connectivity index (χ3v) is 7.19. The molecular weight excluding hydrogens is 540 g/mol. The van der Waals surface area contributed by atoms with Gasteiger partial charge in [-0.25, -0.2) is 4.79 Å². The molecule has 0 aromatic heterocycles. The average molecular weight is 567 g/mol. The molecule has 0 unspecified atom stereocenters. The van der Waals surface area contributed by atoms with E-state index in [1.165, 1.54) is 5.56 Å². The van der Waals surface area contributed by atoms with Crippen LogP contribution in [0.5, 0.6) is 11.5 Å². The van der Waals surface area contributed by atoms with Gasteiger partial charge < -0.3 is 14.6 Å². The molecule has 38 heavy (non-hydrogen) atoms. The summed E-state index contributed by atoms with van der Waals surface area (Å²) in [6.07, 6.45) is 1.31. The van der Waals surface area contributed by atoms with Gasteiger partial charge in [0.1, 0.15) is 18.1 Å². The van der Waals surface area contributed by atoms with Gasteiger partial charge in [-0.05, 0) is 57.3 Å². The molecule has 5 rings (SSSR count). The van der Waals surface area contributed by atoms with Crippen molar-refractivity contribution < 1.29 is 19.4 Å². The van der Waals surface area contributed by atoms with Crippen molar-refractivity contribution >= 4 is 32.7 Å². The number of carboxylic acids is 1. The van der Waals surface area contributed by atoms with Gasteiger partial charge in [-0.3, -0.25) is 0 Å². The Balaban J connectivity index is 1.62. The molecule has 4 nitrogen and oxygen atoms in total. The highest BCUT2D eigenvalue weighted by atomic mass is 79.9. The van der Waals surface area contributed by atoms with E-state index >= 15 is 0 Å². The van der Waals surface area contributed by atoms with Crippen molar-refractivity contribution in [2.45, 2.75) is 19.4 Å². The van der Waals surface area contributed by atoms with Crippen LogP contribution in [0.2, 0.25) is 0 Å². The SMILES string of the molecule is O=C(O)COc1ccc2cc(Cc3ccccc3)c(OCc3ccccc3)cc2c1Cc1ccccc1Br. The van der Waals surface area contributed by atoms with Crippen molar-refractivity contribution in [3.8, 4) is 11.5 Å². The van der Waals surface area contributed by atoms with E-state index in [0.29, 0.717) is 18.8 Å². The van der Waals surface area contributed by atoms with Crippen LogP contribution in [0.4, 0.5) is 0 Å². The first kappa shape index (κ1) is 25.6. The molecule has 0 bridgehead atoms. The fourth-order valence-corrected chi connectivity index (χ4v) is 4.98. The molecule has 0 atom stereocenters. The zero-order valence-electron chi connectivity index (χ0n) is 20.8. The Labute approximate surface area is 230 Å². The van der Waals surface area contributed by atoms with E-state index in [0.717, 1.165) is 49.7 Å². The number of hydrogen-bond donors (Lipinski definition) is 1. The Hall–Kier alpha value is -4.09. The number of fused-ring (bicyclic) bond motifs is 1. The lowest BCUT2D eigenvalue weighted by atomic mass is 9.94. The Bertz CT molecular complexity index is 1550. The number of hydrogen-bond acceptors (Lipinski definition) is 3. The molecule has 0 amide bonds. The highest BCUT2D eigenvalue weighted by molar-refractivity contribution is 9.10. The summed E-state index contributed by atoms with van der Waals surface area (Å²) in [5.41, 5.74) is 5.38. The molecule has 0 saturated carbocycles. The van der Waals surface area contributed by atoms with E-state index in [-0.39, 0.29) is 0 Å². The molecule has 5 heteroatoms. The maximum Gasteiger partial charge on any atom is 0.341 e. The predicted molar refractivity (Wildman–Crippen MR) is 154 cm³/mol. The summed E-state index contributed by atoms with van der Waals surface area (Å²) in [5.74, 6) is 0.344. The van der Waals surface area contributed by atoms with Crippen molar-refractivity contribution in [2.24, 2.45) is 0 Å². The summed E-state index contributed by atoms with van der Waals surface area (Å²) in [6.45, 7) is 0.0425. The minimum absolute atomic E-state index is 0.405. The van der Waals surface area contributed by atoms with Crippen molar-refractivity contribution in [2.75, 3.05) is 6.61 Å². The minimum atomic E-state index is -1.01. The van der Waals surface area contributed by atoms with Crippen LogP contribution in [-0.2, 0) is 24.2 Å². The second-order valence-corrected chi connectivity index (χ2v) is 9.96. The maximum absolute atomic E-state index is 11.3. The lowest BCUT2D eigenvalue weighted by molar-refractivity contribution is -0.139. The molecule has 0 fully saturated rings. The Morgan fingerprint density at radius 1 is 0.684 bits per heavy atom. The standard InChI is InChI=1S/C33H27BrO4/c34-30-14-8-7-13-26(30)19-29-28-20-32(37-21-24-11-5-2-6-12-24)27(17-23-9-3-1-4-10-23)18-25(28)15-16-31(29)38-22-33(35)36/h1-16,18,20H,17,19,21-22H2,(H,35,36). The highest BCUT2D eigenvalue weighted by Gasteiger charge is 2.16. The lowest BCUT2D eigenvalue weighted by Gasteiger charge is -2.18. The fraction of sp³-hybridized carbons (Fsp3) is 0.121. The van der Waals surface area contributed by atoms with Crippen LogP contribution >= 0.6 is 15.9 Å². The van der Waals surface area contributed by atoms with Gasteiger partial charge in [0.05, 0.1) is 0 Å². The zero-order valence-corrected chi connectivity index (χ0v) is 22.4. The summed E-state index contributed by atoms with van der Waals surface area (Å²) < 4.78 is 13.2. The topological polar surface area (TPSA) is 55.8 Å². The van der Waals surface area contributed by atoms with E-state index in [9.17, 15) is 9.90 Å². The molecule has 1 N–H and O–H groups in total. The zero-order chi connectivity index (χ0) is 26.3. The second-order valence-electron chi connectivity index (χ2n) is 9.11. The molecule has 0 aliphatic heterocycles. The molecule has 5 aromatic rings. The van der Waals surface area contributed by atoms with Crippen LogP contribution in [0.15, 0.2) is 114 Å². The number of aliphatic carboxylic acids is 1. The molecule has 0 saturated heterocycles. The number of carbonyl (C=O) groups is 1. The van der Waals surface area contributed by atoms with Crippen molar-refractivity contribution in [1.82, 2.24) is 0 Å². The molecule has 0 spiro atoms. The summed E-state index contributed by atoms with van der Waals surface area (Å²) >= 11 is 3.66. The lowest BCUT2D eigenvalue weighted by Crippen LogP contribution is -2.11. The molecule has 0 aliphatic carbocycles. The van der Waals surface area contributed by atoms with Gasteiger partial charge in [-0.2, -0.15) is 0 Å². The van der Waals surface area contributed by atoms with Gasteiger partial charge in [0.25, 0.3) is 0 Å². The third kappa shape index (κ3) is 6.24. The smallest absolute Gasteiger partial charge is 0.341 e. The summed E-state index contributed by atoms with van der Waals surface area (Å²) in [7, 11) is 0. The third-order valence-electron chi connectivity index (χ3n) is 6.42. The van der Waals surface area contributed by atoms with E-state index < -0.39 is 12.6 Å². The minimum Gasteiger partial charge on any atom is -0.489 e. The van der Waals surface area contributed by atoms with E-state index in [1.54, 1.807) is 0 Å². The van der Waals surface area contributed by atoms with Crippen molar-refractivity contribution in [3.05, 3.63) is 141 Å². The van der Waals surface area contributed by atoms with E-state index in [4.69, 9.17) is 9.47 Å². The quantitative estimate of drug-likeness (QED) is 0.187. The molecule has 0 aliphatic rings. The number of rotatable bonds is 10. The van der Waals surface area contributed by atoms with Crippen LogP contribution < -0.4 is 9.47 Å². The number of ether oxygens (including phenoxy) is 2. The summed E-state index contributed by atoms with van der Waals surface area (Å²) in [6, 6.07) is 36.6. The van der Waals surface area contributed by atoms with Gasteiger partial charge in [-0.15, -0.1) is 0 Å². The van der Waals surface area contributed by atoms with Gasteiger partial charge in [-0.1, -0.05) is 101 Å². The van der Waals surface area contributed by atoms with Gasteiger partial charge in [0.2, 0.25) is 0 Å². The molecule has 190 valence electrons. The first-order chi connectivity index (χ1) is 18.6. The number of halogens is 1. The predicted octanol–water partition coefficient (Wildman–Crippen LogP) is 7.83. The van der Waals surface area contributed by atoms with E-state index in [2.05, 4.69) is 46.3 Å². The van der Waals surface area contributed by atoms with Crippen LogP contribution in [0.25, 0.3) is 10.8 Å². The van der Waals surface area contributed by atoms with Crippen LogP contribution in [0.3, 0.4) is 0 Å². The molecular formula is C33H27BrO4. The molecule has 0 radical (unpaired) electrons. The second kappa shape index (κ2) is 12.0. The Kier molecular flexibility index (Phi) is 8.05. The summed E-state index contributed by atoms with van der Waals surface area (Å²) in [4.78, 5) is 11.3. The van der Waals surface area contributed by atoms with Crippen molar-refractivity contribution in [3.63, 3.8) is 0 Å². The Morgan fingerprint density at radius 3 is 2.08 bits per heavy atom. The van der Waals surface area contributed by atoms with E-state index in [1.807, 2.05) is 78.9 Å². The first-order valence-electron chi connectivity index (χ1n) is 12.4. The molecule has 0 heterocycles. The fourth-order valence-electron chi connectivity index (χ4n) is 4.55. The van der Waals surface area contributed by atoms with Gasteiger partial charge in [0, 0.05) is 22.9 Å². The average Bonchev–Trinajstić information content (AvgIpc) is 2.93. The van der Waals surface area contributed by atoms with Crippen molar-refractivity contribution in [1.29, 1.82) is 0 Å². The largest absolute Gasteiger partial charge is 0.489 e.